The lowest BCUT2D eigenvalue weighted by atomic mass is 9.93. The SMILES string of the molecule is CC[C@H](Cc1ccc(OC)c(C(=O)NCc2ccc(C(F)(F)F)cc2)c1)C(=O)N1C(=O)OC[C@H]1Cc1ccccc1. The molecule has 3 amide bonds. The molecule has 0 unspecified atom stereocenters. The second kappa shape index (κ2) is 12.9. The second-order valence-electron chi connectivity index (χ2n) is 9.85. The van der Waals surface area contributed by atoms with E-state index in [4.69, 9.17) is 9.47 Å². The highest BCUT2D eigenvalue weighted by Crippen LogP contribution is 2.29. The number of alkyl halides is 3. The number of hydrogen-bond donors (Lipinski definition) is 1. The number of amides is 3. The summed E-state index contributed by atoms with van der Waals surface area (Å²) >= 11 is 0. The van der Waals surface area contributed by atoms with Gasteiger partial charge in [-0.05, 0) is 60.2 Å². The second-order valence-corrected chi connectivity index (χ2v) is 9.85. The molecule has 7 nitrogen and oxygen atoms in total. The highest BCUT2D eigenvalue weighted by molar-refractivity contribution is 5.97. The molecule has 0 bridgehead atoms. The van der Waals surface area contributed by atoms with E-state index in [2.05, 4.69) is 5.32 Å². The minimum atomic E-state index is -4.44. The average molecular weight is 569 g/mol. The fraction of sp³-hybridized carbons (Fsp3) is 0.323. The van der Waals surface area contributed by atoms with E-state index in [0.29, 0.717) is 29.7 Å². The number of methoxy groups -OCH3 is 1. The van der Waals surface area contributed by atoms with Crippen molar-refractivity contribution in [3.8, 4) is 5.75 Å². The Kier molecular flexibility index (Phi) is 9.31. The van der Waals surface area contributed by atoms with E-state index < -0.39 is 35.7 Å². The summed E-state index contributed by atoms with van der Waals surface area (Å²) in [4.78, 5) is 40.3. The maximum absolute atomic E-state index is 13.5. The van der Waals surface area contributed by atoms with Gasteiger partial charge in [-0.15, -0.1) is 0 Å². The fourth-order valence-corrected chi connectivity index (χ4v) is 4.80. The third-order valence-corrected chi connectivity index (χ3v) is 7.08. The summed E-state index contributed by atoms with van der Waals surface area (Å²) in [7, 11) is 1.42. The molecule has 3 aromatic carbocycles. The minimum Gasteiger partial charge on any atom is -0.496 e. The highest BCUT2D eigenvalue weighted by Gasteiger charge is 2.40. The van der Waals surface area contributed by atoms with Crippen LogP contribution in [0, 0.1) is 5.92 Å². The van der Waals surface area contributed by atoms with Crippen molar-refractivity contribution in [2.75, 3.05) is 13.7 Å². The molecule has 1 aliphatic rings. The molecule has 216 valence electrons. The number of carbonyl (C=O) groups excluding carboxylic acids is 3. The molecule has 0 saturated carbocycles. The lowest BCUT2D eigenvalue weighted by molar-refractivity contribution is -0.137. The number of halogens is 3. The first kappa shape index (κ1) is 29.6. The summed E-state index contributed by atoms with van der Waals surface area (Å²) in [6.07, 6.45) is -3.87. The smallest absolute Gasteiger partial charge is 0.416 e. The maximum atomic E-state index is 13.5. The molecule has 0 aromatic heterocycles. The standard InChI is InChI=1S/C31H31F3N2O5/c1-3-23(29(38)36-25(19-41-30(36)39)16-20-7-5-4-6-8-20)15-22-11-14-27(40-2)26(17-22)28(37)35-18-21-9-12-24(13-10-21)31(32,33)34/h4-14,17,23,25H,3,15-16,18-19H2,1-2H3,(H,35,37)/t23-,25-/m1/s1. The fourth-order valence-electron chi connectivity index (χ4n) is 4.80. The monoisotopic (exact) mass is 568 g/mol. The molecular weight excluding hydrogens is 537 g/mol. The number of hydrogen-bond acceptors (Lipinski definition) is 5. The van der Waals surface area contributed by atoms with Crippen molar-refractivity contribution in [2.24, 2.45) is 5.92 Å². The molecule has 1 heterocycles. The Bertz CT molecular complexity index is 1380. The van der Waals surface area contributed by atoms with E-state index in [1.54, 1.807) is 18.2 Å². The van der Waals surface area contributed by atoms with Crippen LogP contribution in [0.15, 0.2) is 72.8 Å². The van der Waals surface area contributed by atoms with Gasteiger partial charge in [0.2, 0.25) is 5.91 Å². The topological polar surface area (TPSA) is 84.9 Å². The zero-order valence-corrected chi connectivity index (χ0v) is 22.7. The minimum absolute atomic E-state index is 0.0142. The Morgan fingerprint density at radius 1 is 1.02 bits per heavy atom. The van der Waals surface area contributed by atoms with Gasteiger partial charge in [-0.25, -0.2) is 9.69 Å². The lowest BCUT2D eigenvalue weighted by Crippen LogP contribution is -2.44. The average Bonchev–Trinajstić information content (AvgIpc) is 3.33. The number of imide groups is 1. The van der Waals surface area contributed by atoms with Crippen molar-refractivity contribution in [3.63, 3.8) is 0 Å². The van der Waals surface area contributed by atoms with E-state index >= 15 is 0 Å². The van der Waals surface area contributed by atoms with Gasteiger partial charge in [-0.3, -0.25) is 9.59 Å². The third kappa shape index (κ3) is 7.25. The molecule has 2 atom stereocenters. The van der Waals surface area contributed by atoms with Gasteiger partial charge < -0.3 is 14.8 Å². The zero-order valence-electron chi connectivity index (χ0n) is 22.7. The number of rotatable bonds is 10. The summed E-state index contributed by atoms with van der Waals surface area (Å²) in [6.45, 7) is 2.00. The molecule has 4 rings (SSSR count). The molecule has 1 N–H and O–H groups in total. The summed E-state index contributed by atoms with van der Waals surface area (Å²) in [5.41, 5.74) is 1.64. The Balaban J connectivity index is 1.45. The van der Waals surface area contributed by atoms with Crippen LogP contribution in [0.3, 0.4) is 0 Å². The van der Waals surface area contributed by atoms with Gasteiger partial charge in [0.25, 0.3) is 5.91 Å². The van der Waals surface area contributed by atoms with Gasteiger partial charge in [0.1, 0.15) is 12.4 Å². The lowest BCUT2D eigenvalue weighted by Gasteiger charge is -2.24. The van der Waals surface area contributed by atoms with Gasteiger partial charge in [0, 0.05) is 12.5 Å². The molecule has 0 radical (unpaired) electrons. The van der Waals surface area contributed by atoms with Crippen LogP contribution in [0.5, 0.6) is 5.75 Å². The zero-order chi connectivity index (χ0) is 29.6. The number of cyclic esters (lactones) is 1. The van der Waals surface area contributed by atoms with Gasteiger partial charge >= 0.3 is 12.3 Å². The molecule has 10 heteroatoms. The summed E-state index contributed by atoms with van der Waals surface area (Å²) in [5.74, 6) is -1.03. The first-order valence-corrected chi connectivity index (χ1v) is 13.3. The number of ether oxygens (including phenoxy) is 2. The van der Waals surface area contributed by atoms with Crippen LogP contribution < -0.4 is 10.1 Å². The molecule has 0 spiro atoms. The van der Waals surface area contributed by atoms with Crippen LogP contribution in [-0.2, 0) is 35.1 Å². The molecule has 1 fully saturated rings. The first-order valence-electron chi connectivity index (χ1n) is 13.3. The van der Waals surface area contributed by atoms with E-state index in [-0.39, 0.29) is 31.0 Å². The van der Waals surface area contributed by atoms with Crippen LogP contribution in [-0.4, -0.2) is 42.6 Å². The molecule has 0 aliphatic carbocycles. The van der Waals surface area contributed by atoms with Crippen LogP contribution in [0.2, 0.25) is 0 Å². The Morgan fingerprint density at radius 2 is 1.71 bits per heavy atom. The predicted octanol–water partition coefficient (Wildman–Crippen LogP) is 5.80. The van der Waals surface area contributed by atoms with Crippen LogP contribution in [0.1, 0.15) is 46.0 Å². The number of benzene rings is 3. The maximum Gasteiger partial charge on any atom is 0.416 e. The van der Waals surface area contributed by atoms with E-state index in [9.17, 15) is 27.6 Å². The Morgan fingerprint density at radius 3 is 2.34 bits per heavy atom. The highest BCUT2D eigenvalue weighted by atomic mass is 19.4. The van der Waals surface area contributed by atoms with E-state index in [1.807, 2.05) is 37.3 Å². The number of nitrogens with one attached hydrogen (secondary N) is 1. The summed E-state index contributed by atoms with van der Waals surface area (Å²) in [6, 6.07) is 18.7. The Labute approximate surface area is 236 Å². The normalized spacial score (nSPS) is 15.8. The van der Waals surface area contributed by atoms with Crippen LogP contribution in [0.25, 0.3) is 0 Å². The Hall–Kier alpha value is -4.34. The van der Waals surface area contributed by atoms with Gasteiger partial charge in [-0.2, -0.15) is 13.2 Å². The molecule has 41 heavy (non-hydrogen) atoms. The van der Waals surface area contributed by atoms with Gasteiger partial charge in [0.15, 0.2) is 0 Å². The first-order chi connectivity index (χ1) is 19.6. The summed E-state index contributed by atoms with van der Waals surface area (Å²) in [5, 5.41) is 2.71. The van der Waals surface area contributed by atoms with Gasteiger partial charge in [-0.1, -0.05) is 55.5 Å². The number of carbonyl (C=O) groups is 3. The van der Waals surface area contributed by atoms with Crippen molar-refractivity contribution in [3.05, 3.63) is 101 Å². The van der Waals surface area contributed by atoms with Crippen molar-refractivity contribution < 1.29 is 37.0 Å². The van der Waals surface area contributed by atoms with Crippen LogP contribution in [0.4, 0.5) is 18.0 Å². The van der Waals surface area contributed by atoms with Crippen LogP contribution >= 0.6 is 0 Å². The molecular formula is C31H31F3N2O5. The predicted molar refractivity (Wildman–Crippen MR) is 145 cm³/mol. The number of nitrogens with zero attached hydrogens (tertiary/aromatic N) is 1. The van der Waals surface area contributed by atoms with Crippen molar-refractivity contribution >= 4 is 17.9 Å². The quantitative estimate of drug-likeness (QED) is 0.334. The third-order valence-electron chi connectivity index (χ3n) is 7.08. The van der Waals surface area contributed by atoms with Crippen molar-refractivity contribution in [2.45, 2.75) is 44.9 Å². The molecule has 1 aliphatic heterocycles. The molecule has 3 aromatic rings. The largest absolute Gasteiger partial charge is 0.496 e. The molecule has 1 saturated heterocycles. The van der Waals surface area contributed by atoms with E-state index in [0.717, 1.165) is 17.7 Å². The van der Waals surface area contributed by atoms with Gasteiger partial charge in [0.05, 0.1) is 24.3 Å². The van der Waals surface area contributed by atoms with Crippen molar-refractivity contribution in [1.29, 1.82) is 0 Å². The summed E-state index contributed by atoms with van der Waals surface area (Å²) < 4.78 is 49.1. The van der Waals surface area contributed by atoms with E-state index in [1.165, 1.54) is 24.1 Å². The van der Waals surface area contributed by atoms with Crippen molar-refractivity contribution in [1.82, 2.24) is 10.2 Å².